The average molecular weight is 841 g/mol. The van der Waals surface area contributed by atoms with Gasteiger partial charge in [-0.1, -0.05) is 69.6 Å². The molecular weight excluding hydrogens is 837 g/mol. The molecular formula is C20H4Br4Cl6O4. The number of carbonyl (C=O) groups is 2. The molecule has 0 saturated heterocycles. The molecule has 0 unspecified atom stereocenters. The van der Waals surface area contributed by atoms with Crippen molar-refractivity contribution >= 4 is 145 Å². The van der Waals surface area contributed by atoms with Crippen molar-refractivity contribution in [2.24, 2.45) is 0 Å². The SMILES string of the molecule is O=C(Oc1c(Br)cc(Cl)cc1Br)c1c(Cl)c(Cl)c(C(=O)Oc2c(Br)cc(Cl)cc2Br)c(Cl)c1Cl. The van der Waals surface area contributed by atoms with Gasteiger partial charge in [0, 0.05) is 10.0 Å². The van der Waals surface area contributed by atoms with Crippen LogP contribution in [0.1, 0.15) is 20.7 Å². The fourth-order valence-corrected chi connectivity index (χ4v) is 7.35. The molecule has 0 aromatic heterocycles. The summed E-state index contributed by atoms with van der Waals surface area (Å²) in [5.41, 5.74) is -0.699. The lowest BCUT2D eigenvalue weighted by Crippen LogP contribution is -2.15. The van der Waals surface area contributed by atoms with Crippen LogP contribution in [-0.4, -0.2) is 11.9 Å². The van der Waals surface area contributed by atoms with E-state index in [-0.39, 0.29) is 42.7 Å². The Morgan fingerprint density at radius 2 is 0.765 bits per heavy atom. The molecule has 0 aliphatic rings. The predicted molar refractivity (Wildman–Crippen MR) is 150 cm³/mol. The van der Waals surface area contributed by atoms with Gasteiger partial charge in [0.1, 0.15) is 11.1 Å². The minimum absolute atomic E-state index is 0.106. The summed E-state index contributed by atoms with van der Waals surface area (Å²) in [6.07, 6.45) is 0. The Hall–Kier alpha value is 0.260. The summed E-state index contributed by atoms with van der Waals surface area (Å²) >= 11 is 50.2. The van der Waals surface area contributed by atoms with Crippen LogP contribution in [0.3, 0.4) is 0 Å². The van der Waals surface area contributed by atoms with Crippen molar-refractivity contribution in [1.82, 2.24) is 0 Å². The van der Waals surface area contributed by atoms with Crippen LogP contribution in [0.25, 0.3) is 0 Å². The van der Waals surface area contributed by atoms with E-state index in [0.29, 0.717) is 27.9 Å². The maximum atomic E-state index is 12.9. The second-order valence-electron chi connectivity index (χ2n) is 6.18. The topological polar surface area (TPSA) is 52.6 Å². The van der Waals surface area contributed by atoms with Gasteiger partial charge in [0.15, 0.2) is 11.5 Å². The molecule has 0 radical (unpaired) electrons. The molecule has 3 rings (SSSR count). The summed E-state index contributed by atoms with van der Waals surface area (Å²) in [5.74, 6) is -1.75. The zero-order valence-electron chi connectivity index (χ0n) is 15.7. The van der Waals surface area contributed by atoms with Crippen LogP contribution in [0, 0.1) is 0 Å². The highest BCUT2D eigenvalue weighted by Gasteiger charge is 2.31. The van der Waals surface area contributed by atoms with Crippen molar-refractivity contribution in [2.75, 3.05) is 0 Å². The molecule has 3 aromatic rings. The summed E-state index contributed by atoms with van der Waals surface area (Å²) < 4.78 is 12.3. The number of rotatable bonds is 4. The smallest absolute Gasteiger partial charge is 0.346 e. The predicted octanol–water partition coefficient (Wildman–Crippen LogP) is 11.1. The Morgan fingerprint density at radius 3 is 1.00 bits per heavy atom. The largest absolute Gasteiger partial charge is 0.420 e. The lowest BCUT2D eigenvalue weighted by Gasteiger charge is -2.16. The van der Waals surface area contributed by atoms with E-state index in [4.69, 9.17) is 79.1 Å². The molecule has 0 atom stereocenters. The Kier molecular flexibility index (Phi) is 9.97. The second-order valence-corrected chi connectivity index (χ2v) is 12.0. The summed E-state index contributed by atoms with van der Waals surface area (Å²) in [7, 11) is 0. The molecule has 0 aliphatic heterocycles. The van der Waals surface area contributed by atoms with Crippen LogP contribution in [0.4, 0.5) is 0 Å². The molecule has 0 bridgehead atoms. The number of halogens is 10. The highest BCUT2D eigenvalue weighted by Crippen LogP contribution is 2.44. The maximum Gasteiger partial charge on any atom is 0.346 e. The number of esters is 2. The first-order valence-corrected chi connectivity index (χ1v) is 13.9. The third-order valence-electron chi connectivity index (χ3n) is 3.99. The molecule has 178 valence electrons. The van der Waals surface area contributed by atoms with Crippen molar-refractivity contribution in [3.63, 3.8) is 0 Å². The normalized spacial score (nSPS) is 10.9. The molecule has 0 saturated carbocycles. The average Bonchev–Trinajstić information content (AvgIpc) is 2.72. The van der Waals surface area contributed by atoms with Gasteiger partial charge in [0.05, 0.1) is 38.0 Å². The molecule has 0 fully saturated rings. The maximum absolute atomic E-state index is 12.9. The molecule has 0 spiro atoms. The van der Waals surface area contributed by atoms with Gasteiger partial charge in [-0.05, 0) is 88.0 Å². The van der Waals surface area contributed by atoms with Crippen LogP contribution >= 0.6 is 133 Å². The summed E-state index contributed by atoms with van der Waals surface area (Å²) in [5, 5.41) is -0.649. The highest BCUT2D eigenvalue weighted by molar-refractivity contribution is 9.11. The zero-order chi connectivity index (χ0) is 25.5. The van der Waals surface area contributed by atoms with Crippen LogP contribution in [0.5, 0.6) is 11.5 Å². The van der Waals surface area contributed by atoms with Crippen molar-refractivity contribution in [3.05, 3.63) is 83.4 Å². The van der Waals surface area contributed by atoms with Crippen molar-refractivity contribution in [2.45, 2.75) is 0 Å². The minimum Gasteiger partial charge on any atom is -0.420 e. The summed E-state index contributed by atoms with van der Waals surface area (Å²) in [6.45, 7) is 0. The van der Waals surface area contributed by atoms with Crippen LogP contribution in [-0.2, 0) is 0 Å². The lowest BCUT2D eigenvalue weighted by molar-refractivity contribution is 0.0718. The van der Waals surface area contributed by atoms with Crippen LogP contribution in [0.2, 0.25) is 30.1 Å². The Bertz CT molecular complexity index is 1190. The highest BCUT2D eigenvalue weighted by atomic mass is 79.9. The van der Waals surface area contributed by atoms with Gasteiger partial charge >= 0.3 is 11.9 Å². The van der Waals surface area contributed by atoms with E-state index in [0.717, 1.165) is 0 Å². The standard InChI is InChI=1S/C20H4Br4Cl6O4/c21-7-1-5(25)2-8(22)17(7)33-19(31)11-13(27)15(29)12(16(30)14(11)28)20(32)34-18-9(23)3-6(26)4-10(18)24/h1-4H. The molecule has 4 nitrogen and oxygen atoms in total. The fourth-order valence-electron chi connectivity index (χ4n) is 2.53. The molecule has 34 heavy (non-hydrogen) atoms. The van der Waals surface area contributed by atoms with Crippen LogP contribution < -0.4 is 9.47 Å². The quantitative estimate of drug-likeness (QED) is 0.149. The van der Waals surface area contributed by atoms with Gasteiger partial charge in [-0.3, -0.25) is 0 Å². The molecule has 0 heterocycles. The third-order valence-corrected chi connectivity index (χ3v) is 8.49. The van der Waals surface area contributed by atoms with Crippen molar-refractivity contribution < 1.29 is 19.1 Å². The molecule has 0 aliphatic carbocycles. The van der Waals surface area contributed by atoms with Gasteiger partial charge in [0.25, 0.3) is 0 Å². The van der Waals surface area contributed by atoms with Crippen molar-refractivity contribution in [3.8, 4) is 11.5 Å². The number of hydrogen-bond acceptors (Lipinski definition) is 4. The number of benzene rings is 3. The van der Waals surface area contributed by atoms with Gasteiger partial charge < -0.3 is 9.47 Å². The molecule has 14 heteroatoms. The molecule has 0 amide bonds. The number of hydrogen-bond donors (Lipinski definition) is 0. The number of carbonyl (C=O) groups excluding carboxylic acids is 2. The summed E-state index contributed by atoms with van der Waals surface area (Å²) in [6, 6.07) is 6.07. The second kappa shape index (κ2) is 11.8. The monoisotopic (exact) mass is 833 g/mol. The van der Waals surface area contributed by atoms with Gasteiger partial charge in [-0.15, -0.1) is 0 Å². The van der Waals surface area contributed by atoms with Crippen molar-refractivity contribution in [1.29, 1.82) is 0 Å². The molecule has 0 N–H and O–H groups in total. The Balaban J connectivity index is 2.02. The van der Waals surface area contributed by atoms with Gasteiger partial charge in [-0.25, -0.2) is 9.59 Å². The van der Waals surface area contributed by atoms with Gasteiger partial charge in [-0.2, -0.15) is 0 Å². The van der Waals surface area contributed by atoms with Crippen LogP contribution in [0.15, 0.2) is 42.2 Å². The number of ether oxygens (including phenoxy) is 2. The van der Waals surface area contributed by atoms with E-state index < -0.39 is 11.9 Å². The lowest BCUT2D eigenvalue weighted by atomic mass is 10.1. The molecule has 3 aromatic carbocycles. The fraction of sp³-hybridized carbons (Fsp3) is 0. The zero-order valence-corrected chi connectivity index (χ0v) is 26.6. The van der Waals surface area contributed by atoms with E-state index in [2.05, 4.69) is 63.7 Å². The minimum atomic E-state index is -0.981. The van der Waals surface area contributed by atoms with E-state index in [1.54, 1.807) is 0 Å². The third kappa shape index (κ3) is 6.04. The first kappa shape index (κ1) is 28.8. The van der Waals surface area contributed by atoms with E-state index in [1.807, 2.05) is 0 Å². The van der Waals surface area contributed by atoms with E-state index in [1.165, 1.54) is 24.3 Å². The Morgan fingerprint density at radius 1 is 0.529 bits per heavy atom. The Labute approximate surface area is 256 Å². The van der Waals surface area contributed by atoms with E-state index >= 15 is 0 Å². The van der Waals surface area contributed by atoms with E-state index in [9.17, 15) is 9.59 Å². The first-order valence-electron chi connectivity index (χ1n) is 8.42. The summed E-state index contributed by atoms with van der Waals surface area (Å²) in [4.78, 5) is 25.8. The van der Waals surface area contributed by atoms with Gasteiger partial charge in [0.2, 0.25) is 0 Å². The first-order chi connectivity index (χ1) is 15.8.